The van der Waals surface area contributed by atoms with Crippen LogP contribution in [-0.4, -0.2) is 43.8 Å². The number of para-hydroxylation sites is 1. The van der Waals surface area contributed by atoms with Crippen molar-refractivity contribution in [1.29, 1.82) is 0 Å². The molecule has 1 aromatic heterocycles. The number of aromatic nitrogens is 2. The maximum absolute atomic E-state index is 13.8. The van der Waals surface area contributed by atoms with Crippen molar-refractivity contribution in [2.24, 2.45) is 0 Å². The van der Waals surface area contributed by atoms with E-state index in [9.17, 15) is 22.5 Å². The Labute approximate surface area is 215 Å². The fourth-order valence-electron chi connectivity index (χ4n) is 3.84. The van der Waals surface area contributed by atoms with E-state index in [1.807, 2.05) is 0 Å². The van der Waals surface area contributed by atoms with Gasteiger partial charge < -0.3 is 24.4 Å². The van der Waals surface area contributed by atoms with E-state index in [1.165, 1.54) is 51.7 Å². The summed E-state index contributed by atoms with van der Waals surface area (Å²) in [6.45, 7) is 0.303. The van der Waals surface area contributed by atoms with Crippen LogP contribution >= 0.6 is 7.60 Å². The van der Waals surface area contributed by atoms with E-state index in [1.54, 1.807) is 6.07 Å². The molecule has 0 unspecified atom stereocenters. The zero-order chi connectivity index (χ0) is 27.5. The standard InChI is InChI=1S/C23H23F3N5O6P/c1-34-31-21(32)14-8-9-17(19-13(14)10-11-37-19)29-22-27-12-15(23(24,25)26)20(30-22)28-16-6-4-5-7-18(16)38(33,35-2)36-3/h4-9,12H,10-11H2,1-3H3,(H,31,32)(H2,27,28,29,30). The van der Waals surface area contributed by atoms with E-state index < -0.39 is 31.1 Å². The van der Waals surface area contributed by atoms with E-state index >= 15 is 0 Å². The molecule has 202 valence electrons. The summed E-state index contributed by atoms with van der Waals surface area (Å²) in [4.78, 5) is 24.8. The first-order chi connectivity index (χ1) is 18.1. The van der Waals surface area contributed by atoms with Crippen LogP contribution in [0.15, 0.2) is 42.6 Å². The fraction of sp³-hybridized carbons (Fsp3) is 0.261. The third-order valence-corrected chi connectivity index (χ3v) is 7.51. The molecule has 2 aromatic carbocycles. The normalized spacial score (nSPS) is 13.0. The molecule has 15 heteroatoms. The Morgan fingerprint density at radius 2 is 1.79 bits per heavy atom. The summed E-state index contributed by atoms with van der Waals surface area (Å²) < 4.78 is 70.1. The molecule has 0 saturated carbocycles. The van der Waals surface area contributed by atoms with Gasteiger partial charge in [-0.15, -0.1) is 0 Å². The van der Waals surface area contributed by atoms with Gasteiger partial charge in [0, 0.05) is 38.0 Å². The number of benzene rings is 2. The summed E-state index contributed by atoms with van der Waals surface area (Å²) in [7, 11) is -0.181. The van der Waals surface area contributed by atoms with E-state index in [0.717, 1.165) is 0 Å². The monoisotopic (exact) mass is 553 g/mol. The number of halogens is 3. The average molecular weight is 553 g/mol. The first kappa shape index (κ1) is 27.3. The summed E-state index contributed by atoms with van der Waals surface area (Å²) in [5.41, 5.74) is 2.40. The second kappa shape index (κ2) is 11.0. The van der Waals surface area contributed by atoms with Gasteiger partial charge in [0.15, 0.2) is 0 Å². The van der Waals surface area contributed by atoms with Gasteiger partial charge >= 0.3 is 13.8 Å². The maximum Gasteiger partial charge on any atom is 0.421 e. The van der Waals surface area contributed by atoms with Crippen molar-refractivity contribution < 1.29 is 41.2 Å². The summed E-state index contributed by atoms with van der Waals surface area (Å²) in [5, 5.41) is 5.47. The number of fused-ring (bicyclic) bond motifs is 1. The van der Waals surface area contributed by atoms with E-state index in [2.05, 4.69) is 30.9 Å². The van der Waals surface area contributed by atoms with Crippen LogP contribution in [0.3, 0.4) is 0 Å². The van der Waals surface area contributed by atoms with Crippen LogP contribution in [-0.2, 0) is 31.0 Å². The van der Waals surface area contributed by atoms with E-state index in [-0.39, 0.29) is 16.9 Å². The third-order valence-electron chi connectivity index (χ3n) is 5.57. The predicted octanol–water partition coefficient (Wildman–Crippen LogP) is 4.32. The lowest BCUT2D eigenvalue weighted by Crippen LogP contribution is -2.23. The lowest BCUT2D eigenvalue weighted by Gasteiger charge is -2.20. The number of hydrogen-bond donors (Lipinski definition) is 3. The molecule has 0 saturated heterocycles. The van der Waals surface area contributed by atoms with Gasteiger partial charge in [0.2, 0.25) is 5.95 Å². The molecule has 38 heavy (non-hydrogen) atoms. The Morgan fingerprint density at radius 1 is 1.05 bits per heavy atom. The lowest BCUT2D eigenvalue weighted by atomic mass is 10.0. The Hall–Kier alpha value is -3.71. The summed E-state index contributed by atoms with van der Waals surface area (Å²) >= 11 is 0. The predicted molar refractivity (Wildman–Crippen MR) is 131 cm³/mol. The van der Waals surface area contributed by atoms with Crippen LogP contribution in [0.1, 0.15) is 21.5 Å². The molecular formula is C23H23F3N5O6P. The summed E-state index contributed by atoms with van der Waals surface area (Å²) in [5.74, 6) is -0.916. The van der Waals surface area contributed by atoms with E-state index in [4.69, 9.17) is 13.8 Å². The first-order valence-electron chi connectivity index (χ1n) is 11.0. The van der Waals surface area contributed by atoms with Crippen LogP contribution < -0.4 is 26.2 Å². The second-order valence-corrected chi connectivity index (χ2v) is 9.99. The van der Waals surface area contributed by atoms with Crippen LogP contribution in [0.5, 0.6) is 5.75 Å². The number of amides is 1. The number of hydroxylamine groups is 1. The molecule has 1 amide bonds. The second-order valence-electron chi connectivity index (χ2n) is 7.79. The molecule has 2 heterocycles. The quantitative estimate of drug-likeness (QED) is 0.260. The molecule has 0 aliphatic carbocycles. The van der Waals surface area contributed by atoms with Gasteiger partial charge in [0.05, 0.1) is 30.4 Å². The topological polar surface area (TPSA) is 133 Å². The number of carbonyl (C=O) groups excluding carboxylic acids is 1. The zero-order valence-corrected chi connectivity index (χ0v) is 21.3. The molecule has 0 radical (unpaired) electrons. The summed E-state index contributed by atoms with van der Waals surface area (Å²) in [6, 6.07) is 8.95. The number of alkyl halides is 3. The minimum Gasteiger partial charge on any atom is -0.491 e. The molecule has 11 nitrogen and oxygen atoms in total. The highest BCUT2D eigenvalue weighted by molar-refractivity contribution is 7.62. The van der Waals surface area contributed by atoms with Gasteiger partial charge in [0.1, 0.15) is 17.1 Å². The fourth-order valence-corrected chi connectivity index (χ4v) is 5.07. The first-order valence-corrected chi connectivity index (χ1v) is 12.6. The lowest BCUT2D eigenvalue weighted by molar-refractivity contribution is -0.137. The van der Waals surface area contributed by atoms with Gasteiger partial charge in [-0.1, -0.05) is 12.1 Å². The minimum atomic E-state index is -4.80. The molecule has 0 bridgehead atoms. The SMILES string of the molecule is CONC(=O)c1ccc(Nc2ncc(C(F)(F)F)c(Nc3ccccc3P(=O)(OC)OC)n2)c2c1CCO2. The van der Waals surface area contributed by atoms with Gasteiger partial charge in [-0.3, -0.25) is 14.2 Å². The highest BCUT2D eigenvalue weighted by atomic mass is 31.2. The largest absolute Gasteiger partial charge is 0.491 e. The number of hydrogen-bond acceptors (Lipinski definition) is 10. The Balaban J connectivity index is 1.73. The molecule has 1 aliphatic heterocycles. The van der Waals surface area contributed by atoms with Crippen molar-refractivity contribution in [2.45, 2.75) is 12.6 Å². The van der Waals surface area contributed by atoms with Crippen molar-refractivity contribution in [3.63, 3.8) is 0 Å². The minimum absolute atomic E-state index is 0.0161. The van der Waals surface area contributed by atoms with Crippen molar-refractivity contribution in [3.8, 4) is 5.75 Å². The van der Waals surface area contributed by atoms with Crippen LogP contribution in [0.4, 0.5) is 36.3 Å². The van der Waals surface area contributed by atoms with Gasteiger partial charge in [-0.2, -0.15) is 18.2 Å². The van der Waals surface area contributed by atoms with Crippen molar-refractivity contribution in [3.05, 3.63) is 59.3 Å². The smallest absolute Gasteiger partial charge is 0.421 e. The van der Waals surface area contributed by atoms with E-state index in [0.29, 0.717) is 41.8 Å². The van der Waals surface area contributed by atoms with Crippen molar-refractivity contribution in [2.75, 3.05) is 38.6 Å². The zero-order valence-electron chi connectivity index (χ0n) is 20.4. The van der Waals surface area contributed by atoms with Crippen molar-refractivity contribution in [1.82, 2.24) is 15.4 Å². The molecular weight excluding hydrogens is 530 g/mol. The number of nitrogens with one attached hydrogen (secondary N) is 3. The molecule has 1 aliphatic rings. The molecule has 0 spiro atoms. The molecule has 3 N–H and O–H groups in total. The Morgan fingerprint density at radius 3 is 2.47 bits per heavy atom. The van der Waals surface area contributed by atoms with Gasteiger partial charge in [-0.25, -0.2) is 10.5 Å². The van der Waals surface area contributed by atoms with Crippen LogP contribution in [0.2, 0.25) is 0 Å². The van der Waals surface area contributed by atoms with Crippen LogP contribution in [0.25, 0.3) is 0 Å². The highest BCUT2D eigenvalue weighted by Crippen LogP contribution is 2.48. The number of anilines is 4. The van der Waals surface area contributed by atoms with Crippen molar-refractivity contribution >= 4 is 41.9 Å². The molecule has 0 fully saturated rings. The summed E-state index contributed by atoms with van der Waals surface area (Å²) in [6.07, 6.45) is -3.75. The number of ether oxygens (including phenoxy) is 1. The number of carbonyl (C=O) groups is 1. The van der Waals surface area contributed by atoms with Gasteiger partial charge in [0.25, 0.3) is 5.91 Å². The number of rotatable bonds is 9. The number of nitrogens with zero attached hydrogens (tertiary/aromatic N) is 2. The average Bonchev–Trinajstić information content (AvgIpc) is 3.39. The van der Waals surface area contributed by atoms with Gasteiger partial charge in [-0.05, 0) is 24.3 Å². The molecule has 3 aromatic rings. The Bertz CT molecular complexity index is 1400. The van der Waals surface area contributed by atoms with Crippen LogP contribution in [0, 0.1) is 0 Å². The Kier molecular flexibility index (Phi) is 7.88. The molecule has 4 rings (SSSR count). The third kappa shape index (κ3) is 5.43. The molecule has 0 atom stereocenters. The highest BCUT2D eigenvalue weighted by Gasteiger charge is 2.36. The maximum atomic E-state index is 13.8.